The van der Waals surface area contributed by atoms with Crippen LogP contribution in [0.3, 0.4) is 0 Å². The molecular formula is C25H18BrN7O3S3. The van der Waals surface area contributed by atoms with Gasteiger partial charge in [0.05, 0.1) is 11.1 Å². The van der Waals surface area contributed by atoms with Crippen molar-refractivity contribution in [1.82, 2.24) is 20.2 Å². The summed E-state index contributed by atoms with van der Waals surface area (Å²) in [5.74, 6) is 0.254. The van der Waals surface area contributed by atoms with Gasteiger partial charge in [-0.1, -0.05) is 27.3 Å². The first kappa shape index (κ1) is 25.6. The quantitative estimate of drug-likeness (QED) is 0.107. The van der Waals surface area contributed by atoms with Gasteiger partial charge in [-0.05, 0) is 73.6 Å². The number of carbonyl (C=O) groups excluding carboxylic acids is 2. The van der Waals surface area contributed by atoms with E-state index in [0.717, 1.165) is 15.0 Å². The third-order valence-corrected chi connectivity index (χ3v) is 8.48. The molecule has 2 aromatic carbocycles. The van der Waals surface area contributed by atoms with E-state index in [1.807, 2.05) is 17.5 Å². The van der Waals surface area contributed by atoms with E-state index in [1.54, 1.807) is 36.4 Å². The molecule has 14 heteroatoms. The molecule has 0 bridgehead atoms. The van der Waals surface area contributed by atoms with E-state index in [-0.39, 0.29) is 11.8 Å². The van der Waals surface area contributed by atoms with Gasteiger partial charge in [-0.2, -0.15) is 0 Å². The first-order chi connectivity index (χ1) is 18.9. The second kappa shape index (κ2) is 10.4. The predicted octanol–water partition coefficient (Wildman–Crippen LogP) is 6.86. The number of halogens is 1. The average Bonchev–Trinajstić information content (AvgIpc) is 3.51. The Morgan fingerprint density at radius 3 is 2.28 bits per heavy atom. The van der Waals surface area contributed by atoms with Gasteiger partial charge < -0.3 is 20.7 Å². The molecule has 0 aliphatic heterocycles. The van der Waals surface area contributed by atoms with Crippen molar-refractivity contribution in [2.75, 3.05) is 16.0 Å². The minimum Gasteiger partial charge on any atom is -0.438 e. The number of carbonyl (C=O) groups is 2. The molecule has 0 saturated heterocycles. The van der Waals surface area contributed by atoms with Crippen LogP contribution in [0.5, 0.6) is 11.6 Å². The number of benzene rings is 2. The van der Waals surface area contributed by atoms with Gasteiger partial charge in [0.1, 0.15) is 22.3 Å². The molecule has 4 N–H and O–H groups in total. The highest BCUT2D eigenvalue weighted by Gasteiger charge is 2.56. The van der Waals surface area contributed by atoms with Gasteiger partial charge in [0.25, 0.3) is 0 Å². The van der Waals surface area contributed by atoms with Crippen molar-refractivity contribution in [2.45, 2.75) is 12.8 Å². The fourth-order valence-electron chi connectivity index (χ4n) is 3.85. The van der Waals surface area contributed by atoms with Crippen LogP contribution in [0, 0.1) is 9.37 Å². The van der Waals surface area contributed by atoms with Crippen molar-refractivity contribution in [2.24, 2.45) is 5.41 Å². The molecule has 6 rings (SSSR count). The van der Waals surface area contributed by atoms with Gasteiger partial charge in [0, 0.05) is 21.2 Å². The number of fused-ring (bicyclic) bond motifs is 1. The Bertz CT molecular complexity index is 1750. The number of nitrogens with zero attached hydrogens (tertiary/aromatic N) is 3. The number of hydrogen-bond donors (Lipinski definition) is 4. The fraction of sp³-hybridized carbons (Fsp3) is 0.120. The molecule has 196 valence electrons. The zero-order valence-corrected chi connectivity index (χ0v) is 23.9. The minimum atomic E-state index is -1.07. The normalized spacial score (nSPS) is 13.6. The highest BCUT2D eigenvalue weighted by molar-refractivity contribution is 9.10. The largest absolute Gasteiger partial charge is 0.438 e. The average molecular weight is 641 g/mol. The summed E-state index contributed by atoms with van der Waals surface area (Å²) in [5, 5.41) is 19.1. The molecule has 39 heavy (non-hydrogen) atoms. The molecule has 2 amide bonds. The van der Waals surface area contributed by atoms with E-state index in [2.05, 4.69) is 52.0 Å². The zero-order chi connectivity index (χ0) is 27.0. The Balaban J connectivity index is 1.14. The first-order valence-electron chi connectivity index (χ1n) is 11.6. The molecule has 1 saturated carbocycles. The van der Waals surface area contributed by atoms with E-state index >= 15 is 0 Å². The number of hydrogen-bond acceptors (Lipinski definition) is 10. The number of aromatic nitrogens is 4. The molecule has 1 fully saturated rings. The molecule has 10 nitrogen and oxygen atoms in total. The van der Waals surface area contributed by atoms with Crippen LogP contribution in [0.4, 0.5) is 22.2 Å². The highest BCUT2D eigenvalue weighted by Crippen LogP contribution is 2.47. The smallest absolute Gasteiger partial charge is 0.240 e. The number of anilines is 4. The first-order valence-corrected chi connectivity index (χ1v) is 14.5. The summed E-state index contributed by atoms with van der Waals surface area (Å²) in [7, 11) is 0. The van der Waals surface area contributed by atoms with Gasteiger partial charge in [-0.3, -0.25) is 14.7 Å². The zero-order valence-electron chi connectivity index (χ0n) is 19.9. The minimum absolute atomic E-state index is 0.310. The van der Waals surface area contributed by atoms with E-state index < -0.39 is 5.41 Å². The van der Waals surface area contributed by atoms with Crippen LogP contribution >= 0.6 is 50.8 Å². The van der Waals surface area contributed by atoms with Crippen LogP contribution in [0.1, 0.15) is 12.8 Å². The van der Waals surface area contributed by atoms with Crippen molar-refractivity contribution < 1.29 is 14.3 Å². The molecule has 0 spiro atoms. The van der Waals surface area contributed by atoms with E-state index in [4.69, 9.17) is 17.0 Å². The van der Waals surface area contributed by atoms with E-state index in [0.29, 0.717) is 50.3 Å². The second-order valence-corrected chi connectivity index (χ2v) is 12.1. The summed E-state index contributed by atoms with van der Waals surface area (Å²) < 4.78 is 7.55. The molecule has 3 aromatic heterocycles. The number of H-pyrrole nitrogens is 1. The second-order valence-electron chi connectivity index (χ2n) is 8.68. The lowest BCUT2D eigenvalue weighted by Gasteiger charge is -2.16. The van der Waals surface area contributed by atoms with Crippen molar-refractivity contribution >= 4 is 95.0 Å². The molecule has 0 radical (unpaired) electrons. The van der Waals surface area contributed by atoms with Crippen LogP contribution < -0.4 is 20.7 Å². The van der Waals surface area contributed by atoms with E-state index in [1.165, 1.54) is 29.0 Å². The standard InChI is InChI=1S/C25H18BrN7O3S3/c26-13-1-3-14(4-2-13)29-21(34)25(9-10-25)22(35)30-15-5-7-16(8-6-15)36-19-18-17(11-38-20(18)28-12-27-19)31-23-32-33-24(37)39-23/h1-8,11-12H,9-10H2,(H,29,34)(H,30,35)(H,31,32)(H,33,37). The fourth-order valence-corrected chi connectivity index (χ4v) is 5.75. The summed E-state index contributed by atoms with van der Waals surface area (Å²) in [6.45, 7) is 0. The van der Waals surface area contributed by atoms with Gasteiger partial charge in [-0.25, -0.2) is 9.97 Å². The highest BCUT2D eigenvalue weighted by atomic mass is 79.9. The summed E-state index contributed by atoms with van der Waals surface area (Å²) in [6.07, 6.45) is 2.44. The van der Waals surface area contributed by atoms with Crippen LogP contribution in [0.15, 0.2) is 64.7 Å². The van der Waals surface area contributed by atoms with Crippen LogP contribution in [0.25, 0.3) is 10.2 Å². The summed E-state index contributed by atoms with van der Waals surface area (Å²) in [5.41, 5.74) is 0.879. The van der Waals surface area contributed by atoms with Crippen LogP contribution in [-0.2, 0) is 9.59 Å². The van der Waals surface area contributed by atoms with Crippen molar-refractivity contribution in [3.05, 3.63) is 68.7 Å². The topological polar surface area (TPSA) is 134 Å². The molecule has 1 aliphatic carbocycles. The number of aromatic amines is 1. The SMILES string of the molecule is O=C(Nc1ccc(Br)cc1)C1(C(=O)Nc2ccc(Oc3ncnc4scc(Nc5n[nH]c(=S)s5)c34)cc2)CC1. The number of nitrogens with one attached hydrogen (secondary N) is 4. The van der Waals surface area contributed by atoms with Gasteiger partial charge in [0.15, 0.2) is 3.95 Å². The van der Waals surface area contributed by atoms with Gasteiger partial charge >= 0.3 is 0 Å². The summed E-state index contributed by atoms with van der Waals surface area (Å²) >= 11 is 11.2. The monoisotopic (exact) mass is 639 g/mol. The predicted molar refractivity (Wildman–Crippen MR) is 158 cm³/mol. The number of amides is 2. The molecular weight excluding hydrogens is 622 g/mol. The molecule has 3 heterocycles. The maximum atomic E-state index is 13.0. The Kier molecular flexibility index (Phi) is 6.85. The number of rotatable bonds is 8. The number of thiophene rings is 1. The molecule has 0 unspecified atom stereocenters. The van der Waals surface area contributed by atoms with Crippen molar-refractivity contribution in [3.63, 3.8) is 0 Å². The van der Waals surface area contributed by atoms with Crippen LogP contribution in [0.2, 0.25) is 0 Å². The third kappa shape index (κ3) is 5.41. The maximum Gasteiger partial charge on any atom is 0.240 e. The Hall–Kier alpha value is -3.72. The third-order valence-electron chi connectivity index (χ3n) is 6.06. The molecule has 0 atom stereocenters. The maximum absolute atomic E-state index is 13.0. The summed E-state index contributed by atoms with van der Waals surface area (Å²) in [4.78, 5) is 35.3. The Morgan fingerprint density at radius 1 is 1.00 bits per heavy atom. The van der Waals surface area contributed by atoms with Gasteiger partial charge in [0.2, 0.25) is 22.8 Å². The van der Waals surface area contributed by atoms with Crippen molar-refractivity contribution in [3.8, 4) is 11.6 Å². The molecule has 5 aromatic rings. The lowest BCUT2D eigenvalue weighted by Crippen LogP contribution is -2.35. The summed E-state index contributed by atoms with van der Waals surface area (Å²) in [6, 6.07) is 14.1. The number of ether oxygens (including phenoxy) is 1. The van der Waals surface area contributed by atoms with E-state index in [9.17, 15) is 9.59 Å². The van der Waals surface area contributed by atoms with Gasteiger partial charge in [-0.15, -0.1) is 16.4 Å². The Morgan fingerprint density at radius 2 is 1.67 bits per heavy atom. The Labute approximate surface area is 243 Å². The van der Waals surface area contributed by atoms with Crippen molar-refractivity contribution in [1.29, 1.82) is 0 Å². The lowest BCUT2D eigenvalue weighted by atomic mass is 10.0. The van der Waals surface area contributed by atoms with Crippen LogP contribution in [-0.4, -0.2) is 32.0 Å². The lowest BCUT2D eigenvalue weighted by molar-refractivity contribution is -0.131. The molecule has 1 aliphatic rings.